The summed E-state index contributed by atoms with van der Waals surface area (Å²) in [7, 11) is 0. The van der Waals surface area contributed by atoms with Gasteiger partial charge in [-0.3, -0.25) is 4.79 Å². The van der Waals surface area contributed by atoms with Crippen molar-refractivity contribution in [3.63, 3.8) is 0 Å². The molecule has 0 saturated carbocycles. The van der Waals surface area contributed by atoms with Gasteiger partial charge in [-0.25, -0.2) is 0 Å². The average molecular weight is 346 g/mol. The molecular weight excluding hydrogens is 330 g/mol. The second-order valence-electron chi connectivity index (χ2n) is 5.14. The van der Waals surface area contributed by atoms with Gasteiger partial charge in [-0.1, -0.05) is 28.1 Å². The van der Waals surface area contributed by atoms with Crippen molar-refractivity contribution in [3.05, 3.63) is 52.0 Å². The van der Waals surface area contributed by atoms with Crippen molar-refractivity contribution in [2.75, 3.05) is 17.2 Å². The van der Waals surface area contributed by atoms with Crippen molar-refractivity contribution in [2.45, 2.75) is 12.8 Å². The van der Waals surface area contributed by atoms with E-state index in [0.717, 1.165) is 35.2 Å². The number of amides is 1. The third kappa shape index (κ3) is 2.49. The van der Waals surface area contributed by atoms with Gasteiger partial charge in [0.05, 0.1) is 22.6 Å². The van der Waals surface area contributed by atoms with E-state index in [4.69, 9.17) is 11.5 Å². The predicted molar refractivity (Wildman–Crippen MR) is 88.8 cm³/mol. The van der Waals surface area contributed by atoms with Crippen molar-refractivity contribution in [1.29, 1.82) is 0 Å². The molecule has 1 aliphatic heterocycles. The van der Waals surface area contributed by atoms with Crippen LogP contribution in [0.25, 0.3) is 0 Å². The van der Waals surface area contributed by atoms with E-state index in [1.165, 1.54) is 5.56 Å². The van der Waals surface area contributed by atoms with Crippen molar-refractivity contribution in [3.8, 4) is 0 Å². The van der Waals surface area contributed by atoms with E-state index in [1.54, 1.807) is 6.07 Å². The molecule has 4 N–H and O–H groups in total. The lowest BCUT2D eigenvalue weighted by Crippen LogP contribution is -2.28. The van der Waals surface area contributed by atoms with Crippen LogP contribution < -0.4 is 16.4 Å². The van der Waals surface area contributed by atoms with E-state index in [9.17, 15) is 4.79 Å². The molecule has 0 unspecified atom stereocenters. The summed E-state index contributed by atoms with van der Waals surface area (Å²) >= 11 is 3.48. The van der Waals surface area contributed by atoms with Crippen LogP contribution in [-0.2, 0) is 6.42 Å². The van der Waals surface area contributed by atoms with Crippen LogP contribution in [0, 0.1) is 0 Å². The zero-order valence-corrected chi connectivity index (χ0v) is 13.1. The fraction of sp³-hybridized carbons (Fsp3) is 0.188. The first-order chi connectivity index (χ1) is 10.1. The molecule has 0 saturated heterocycles. The summed E-state index contributed by atoms with van der Waals surface area (Å²) < 4.78 is 0.976. The number of nitrogens with zero attached hydrogens (tertiary/aromatic N) is 1. The second-order valence-corrected chi connectivity index (χ2v) is 6.06. The summed E-state index contributed by atoms with van der Waals surface area (Å²) in [6.45, 7) is 0.823. The maximum absolute atomic E-state index is 11.7. The second kappa shape index (κ2) is 5.41. The highest BCUT2D eigenvalue weighted by Gasteiger charge is 2.24. The molecule has 5 heteroatoms. The number of para-hydroxylation sites is 1. The fourth-order valence-electron chi connectivity index (χ4n) is 2.90. The molecule has 0 aromatic heterocycles. The monoisotopic (exact) mass is 345 g/mol. The first-order valence-electron chi connectivity index (χ1n) is 6.82. The van der Waals surface area contributed by atoms with Crippen molar-refractivity contribution in [1.82, 2.24) is 0 Å². The van der Waals surface area contributed by atoms with E-state index in [2.05, 4.69) is 26.9 Å². The van der Waals surface area contributed by atoms with Gasteiger partial charge >= 0.3 is 0 Å². The smallest absolute Gasteiger partial charge is 0.250 e. The molecule has 108 valence electrons. The number of rotatable bonds is 2. The standard InChI is InChI=1S/C16H16BrN3O/c17-11-8-10-4-3-7-20(15(10)13(18)9-11)14-6-2-1-5-12(14)16(19)21/h1-2,5-6,8-9H,3-4,7,18H2,(H2,19,21). The number of aryl methyl sites for hydroxylation is 1. The number of halogens is 1. The molecule has 21 heavy (non-hydrogen) atoms. The van der Waals surface area contributed by atoms with Crippen molar-refractivity contribution in [2.24, 2.45) is 5.73 Å². The molecule has 0 fully saturated rings. The van der Waals surface area contributed by atoms with Crippen LogP contribution in [0.3, 0.4) is 0 Å². The third-order valence-corrected chi connectivity index (χ3v) is 4.20. The van der Waals surface area contributed by atoms with Crippen LogP contribution >= 0.6 is 15.9 Å². The van der Waals surface area contributed by atoms with Crippen LogP contribution in [0.4, 0.5) is 17.1 Å². The number of hydrogen-bond acceptors (Lipinski definition) is 3. The molecule has 0 radical (unpaired) electrons. The van der Waals surface area contributed by atoms with Gasteiger partial charge in [-0.05, 0) is 42.7 Å². The normalized spacial score (nSPS) is 13.9. The molecule has 0 aliphatic carbocycles. The summed E-state index contributed by atoms with van der Waals surface area (Å²) in [5.41, 5.74) is 15.9. The average Bonchev–Trinajstić information content (AvgIpc) is 2.46. The number of hydrogen-bond donors (Lipinski definition) is 2. The summed E-state index contributed by atoms with van der Waals surface area (Å²) in [4.78, 5) is 13.8. The van der Waals surface area contributed by atoms with E-state index in [-0.39, 0.29) is 0 Å². The van der Waals surface area contributed by atoms with E-state index in [1.807, 2.05) is 24.3 Å². The number of anilines is 3. The zero-order valence-electron chi connectivity index (χ0n) is 11.5. The predicted octanol–water partition coefficient (Wildman–Crippen LogP) is 3.21. The number of benzene rings is 2. The third-order valence-electron chi connectivity index (χ3n) is 3.74. The summed E-state index contributed by atoms with van der Waals surface area (Å²) in [6.07, 6.45) is 1.99. The molecule has 1 heterocycles. The van der Waals surface area contributed by atoms with Gasteiger partial charge in [0, 0.05) is 11.0 Å². The van der Waals surface area contributed by atoms with Gasteiger partial charge in [0.25, 0.3) is 5.91 Å². The van der Waals surface area contributed by atoms with Crippen molar-refractivity contribution < 1.29 is 4.79 Å². The Labute approximate surface area is 131 Å². The van der Waals surface area contributed by atoms with E-state index < -0.39 is 5.91 Å². The molecule has 0 spiro atoms. The molecule has 1 aliphatic rings. The minimum absolute atomic E-state index is 0.423. The molecule has 3 rings (SSSR count). The lowest BCUT2D eigenvalue weighted by atomic mass is 9.98. The summed E-state index contributed by atoms with van der Waals surface area (Å²) in [5, 5.41) is 0. The highest BCUT2D eigenvalue weighted by molar-refractivity contribution is 9.10. The number of carbonyl (C=O) groups is 1. The van der Waals surface area contributed by atoms with Crippen molar-refractivity contribution >= 4 is 38.9 Å². The summed E-state index contributed by atoms with van der Waals surface area (Å²) in [5.74, 6) is -0.423. The molecule has 1 amide bonds. The first kappa shape index (κ1) is 13.9. The van der Waals surface area contributed by atoms with E-state index in [0.29, 0.717) is 11.3 Å². The Morgan fingerprint density at radius 1 is 1.24 bits per heavy atom. The van der Waals surface area contributed by atoms with Crippen LogP contribution in [0.5, 0.6) is 0 Å². The largest absolute Gasteiger partial charge is 0.397 e. The Hall–Kier alpha value is -2.01. The SMILES string of the molecule is NC(=O)c1ccccc1N1CCCc2cc(Br)cc(N)c21. The quantitative estimate of drug-likeness (QED) is 0.820. The topological polar surface area (TPSA) is 72.4 Å². The molecule has 2 aromatic carbocycles. The van der Waals surface area contributed by atoms with Gasteiger partial charge in [0.2, 0.25) is 0 Å². The number of nitrogen functional groups attached to an aromatic ring is 1. The number of fused-ring (bicyclic) bond motifs is 1. The highest BCUT2D eigenvalue weighted by Crippen LogP contribution is 2.40. The molecular formula is C16H16BrN3O. The maximum atomic E-state index is 11.7. The number of primary amides is 1. The van der Waals surface area contributed by atoms with E-state index >= 15 is 0 Å². The van der Waals surface area contributed by atoms with Crippen LogP contribution in [0.1, 0.15) is 22.3 Å². The van der Waals surface area contributed by atoms with Crippen LogP contribution in [-0.4, -0.2) is 12.5 Å². The Kier molecular flexibility index (Phi) is 3.59. The molecule has 2 aromatic rings. The van der Waals surface area contributed by atoms with Gasteiger partial charge in [-0.2, -0.15) is 0 Å². The highest BCUT2D eigenvalue weighted by atomic mass is 79.9. The maximum Gasteiger partial charge on any atom is 0.250 e. The zero-order chi connectivity index (χ0) is 15.0. The number of nitrogens with two attached hydrogens (primary N) is 2. The van der Waals surface area contributed by atoms with Gasteiger partial charge in [0.15, 0.2) is 0 Å². The molecule has 0 bridgehead atoms. The Balaban J connectivity index is 2.18. The van der Waals surface area contributed by atoms with Gasteiger partial charge in [0.1, 0.15) is 0 Å². The fourth-order valence-corrected chi connectivity index (χ4v) is 3.42. The van der Waals surface area contributed by atoms with Crippen LogP contribution in [0.15, 0.2) is 40.9 Å². The Bertz CT molecular complexity index is 715. The lowest BCUT2D eigenvalue weighted by Gasteiger charge is -2.33. The Morgan fingerprint density at radius 2 is 2.00 bits per heavy atom. The lowest BCUT2D eigenvalue weighted by molar-refractivity contribution is 0.100. The van der Waals surface area contributed by atoms with Crippen LogP contribution in [0.2, 0.25) is 0 Å². The first-order valence-corrected chi connectivity index (χ1v) is 7.61. The van der Waals surface area contributed by atoms with Gasteiger partial charge in [-0.15, -0.1) is 0 Å². The molecule has 4 nitrogen and oxygen atoms in total. The van der Waals surface area contributed by atoms with Gasteiger partial charge < -0.3 is 16.4 Å². The minimum Gasteiger partial charge on any atom is -0.397 e. The minimum atomic E-state index is -0.423. The number of carbonyl (C=O) groups excluding carboxylic acids is 1. The Morgan fingerprint density at radius 3 is 2.76 bits per heavy atom. The molecule has 0 atom stereocenters. The summed E-state index contributed by atoms with van der Waals surface area (Å²) in [6, 6.07) is 11.4.